The van der Waals surface area contributed by atoms with Crippen molar-refractivity contribution in [2.24, 2.45) is 0 Å². The summed E-state index contributed by atoms with van der Waals surface area (Å²) in [5.41, 5.74) is 2.69. The number of aryl methyl sites for hydroxylation is 1. The van der Waals surface area contributed by atoms with Crippen molar-refractivity contribution in [2.75, 3.05) is 11.4 Å². The lowest BCUT2D eigenvalue weighted by Gasteiger charge is -2.22. The summed E-state index contributed by atoms with van der Waals surface area (Å²) in [6, 6.07) is 19.4. The highest BCUT2D eigenvalue weighted by Gasteiger charge is 2.14. The SMILES string of the molecule is CCCCN(C(=O)CCc1ccc(C#N)cc1)c1ccccc1. The Morgan fingerprint density at radius 3 is 2.39 bits per heavy atom. The first-order valence-electron chi connectivity index (χ1n) is 8.09. The van der Waals surface area contributed by atoms with Crippen LogP contribution in [0.25, 0.3) is 0 Å². The Labute approximate surface area is 138 Å². The lowest BCUT2D eigenvalue weighted by atomic mass is 10.1. The number of unbranched alkanes of at least 4 members (excludes halogenated alkanes) is 1. The molecule has 0 aliphatic rings. The highest BCUT2D eigenvalue weighted by atomic mass is 16.2. The van der Waals surface area contributed by atoms with Gasteiger partial charge in [-0.05, 0) is 42.7 Å². The molecule has 2 aromatic carbocycles. The van der Waals surface area contributed by atoms with Gasteiger partial charge >= 0.3 is 0 Å². The Balaban J connectivity index is 2.01. The number of carbonyl (C=O) groups excluding carboxylic acids is 1. The van der Waals surface area contributed by atoms with Crippen molar-refractivity contribution >= 4 is 11.6 Å². The van der Waals surface area contributed by atoms with Crippen LogP contribution in [0.1, 0.15) is 37.3 Å². The van der Waals surface area contributed by atoms with Crippen molar-refractivity contribution in [1.29, 1.82) is 5.26 Å². The second-order valence-electron chi connectivity index (χ2n) is 5.54. The van der Waals surface area contributed by atoms with Crippen molar-refractivity contribution in [1.82, 2.24) is 0 Å². The number of para-hydroxylation sites is 1. The van der Waals surface area contributed by atoms with Gasteiger partial charge in [-0.3, -0.25) is 4.79 Å². The molecule has 0 bridgehead atoms. The fourth-order valence-electron chi connectivity index (χ4n) is 2.45. The van der Waals surface area contributed by atoms with Crippen LogP contribution in [0.4, 0.5) is 5.69 Å². The van der Waals surface area contributed by atoms with Crippen LogP contribution >= 0.6 is 0 Å². The third-order valence-corrected chi connectivity index (χ3v) is 3.81. The number of amides is 1. The molecule has 0 atom stereocenters. The summed E-state index contributed by atoms with van der Waals surface area (Å²) in [5.74, 6) is 0.147. The van der Waals surface area contributed by atoms with Crippen molar-refractivity contribution < 1.29 is 4.79 Å². The van der Waals surface area contributed by atoms with Gasteiger partial charge in [0.15, 0.2) is 0 Å². The Bertz CT molecular complexity index is 656. The minimum atomic E-state index is 0.147. The van der Waals surface area contributed by atoms with Gasteiger partial charge in [0, 0.05) is 18.7 Å². The van der Waals surface area contributed by atoms with E-state index in [1.165, 1.54) is 0 Å². The maximum Gasteiger partial charge on any atom is 0.227 e. The van der Waals surface area contributed by atoms with E-state index in [0.29, 0.717) is 18.4 Å². The molecule has 0 fully saturated rings. The van der Waals surface area contributed by atoms with Gasteiger partial charge < -0.3 is 4.90 Å². The van der Waals surface area contributed by atoms with Crippen LogP contribution in [0.5, 0.6) is 0 Å². The van der Waals surface area contributed by atoms with Gasteiger partial charge in [0.2, 0.25) is 5.91 Å². The van der Waals surface area contributed by atoms with Gasteiger partial charge in [0.25, 0.3) is 0 Å². The molecule has 0 saturated carbocycles. The van der Waals surface area contributed by atoms with E-state index in [1.54, 1.807) is 12.1 Å². The van der Waals surface area contributed by atoms with E-state index in [2.05, 4.69) is 13.0 Å². The van der Waals surface area contributed by atoms with Crippen LogP contribution in [-0.4, -0.2) is 12.5 Å². The first kappa shape index (κ1) is 16.8. The number of nitrogens with zero attached hydrogens (tertiary/aromatic N) is 2. The Morgan fingerprint density at radius 1 is 1.09 bits per heavy atom. The lowest BCUT2D eigenvalue weighted by Crippen LogP contribution is -2.32. The molecule has 3 heteroatoms. The zero-order valence-electron chi connectivity index (χ0n) is 13.5. The number of hydrogen-bond donors (Lipinski definition) is 0. The van der Waals surface area contributed by atoms with Crippen LogP contribution in [0, 0.1) is 11.3 Å². The molecule has 0 N–H and O–H groups in total. The number of carbonyl (C=O) groups is 1. The Morgan fingerprint density at radius 2 is 1.78 bits per heavy atom. The molecule has 0 radical (unpaired) electrons. The average molecular weight is 306 g/mol. The average Bonchev–Trinajstić information content (AvgIpc) is 2.61. The van der Waals surface area contributed by atoms with Gasteiger partial charge in [0.1, 0.15) is 0 Å². The fourth-order valence-corrected chi connectivity index (χ4v) is 2.45. The number of anilines is 1. The molecule has 0 unspecified atom stereocenters. The second kappa shape index (κ2) is 8.75. The number of nitriles is 1. The van der Waals surface area contributed by atoms with Gasteiger partial charge in [0.05, 0.1) is 11.6 Å². The normalized spacial score (nSPS) is 10.1. The molecule has 0 aliphatic carbocycles. The maximum atomic E-state index is 12.6. The molecule has 1 amide bonds. The fraction of sp³-hybridized carbons (Fsp3) is 0.300. The quantitative estimate of drug-likeness (QED) is 0.764. The summed E-state index contributed by atoms with van der Waals surface area (Å²) in [5, 5.41) is 8.82. The van der Waals surface area contributed by atoms with Crippen molar-refractivity contribution in [3.8, 4) is 6.07 Å². The van der Waals surface area contributed by atoms with E-state index in [0.717, 1.165) is 30.6 Å². The maximum absolute atomic E-state index is 12.6. The van der Waals surface area contributed by atoms with E-state index >= 15 is 0 Å². The Kier molecular flexibility index (Phi) is 6.38. The van der Waals surface area contributed by atoms with Crippen LogP contribution in [0.15, 0.2) is 54.6 Å². The monoisotopic (exact) mass is 306 g/mol. The zero-order valence-corrected chi connectivity index (χ0v) is 13.5. The smallest absolute Gasteiger partial charge is 0.227 e. The molecule has 0 spiro atoms. The largest absolute Gasteiger partial charge is 0.312 e. The first-order chi connectivity index (χ1) is 11.2. The molecule has 0 heterocycles. The minimum absolute atomic E-state index is 0.147. The van der Waals surface area contributed by atoms with E-state index in [4.69, 9.17) is 5.26 Å². The molecule has 23 heavy (non-hydrogen) atoms. The molecule has 2 rings (SSSR count). The Hall–Kier alpha value is -2.60. The third kappa shape index (κ3) is 4.96. The summed E-state index contributed by atoms with van der Waals surface area (Å²) in [6.07, 6.45) is 3.23. The first-order valence-corrected chi connectivity index (χ1v) is 8.09. The topological polar surface area (TPSA) is 44.1 Å². The summed E-state index contributed by atoms with van der Waals surface area (Å²) in [6.45, 7) is 2.89. The standard InChI is InChI=1S/C20H22N2O/c1-2-3-15-22(19-7-5-4-6-8-19)20(23)14-13-17-9-11-18(16-21)12-10-17/h4-12H,2-3,13-15H2,1H3. The zero-order chi connectivity index (χ0) is 16.5. The van der Waals surface area contributed by atoms with E-state index < -0.39 is 0 Å². The van der Waals surface area contributed by atoms with Crippen LogP contribution in [-0.2, 0) is 11.2 Å². The van der Waals surface area contributed by atoms with Gasteiger partial charge in [-0.1, -0.05) is 43.7 Å². The van der Waals surface area contributed by atoms with Gasteiger partial charge in [-0.15, -0.1) is 0 Å². The predicted molar refractivity (Wildman–Crippen MR) is 93.2 cm³/mol. The van der Waals surface area contributed by atoms with Crippen LogP contribution < -0.4 is 4.90 Å². The number of rotatable bonds is 7. The van der Waals surface area contributed by atoms with Crippen molar-refractivity contribution in [3.63, 3.8) is 0 Å². The molecular formula is C20H22N2O. The molecule has 0 aromatic heterocycles. The third-order valence-electron chi connectivity index (χ3n) is 3.81. The number of benzene rings is 2. The highest BCUT2D eigenvalue weighted by molar-refractivity contribution is 5.93. The molecule has 2 aromatic rings. The number of hydrogen-bond acceptors (Lipinski definition) is 2. The summed E-state index contributed by atoms with van der Waals surface area (Å²) >= 11 is 0. The lowest BCUT2D eigenvalue weighted by molar-refractivity contribution is -0.118. The summed E-state index contributed by atoms with van der Waals surface area (Å²) in [7, 11) is 0. The molecule has 0 saturated heterocycles. The van der Waals surface area contributed by atoms with Crippen LogP contribution in [0.3, 0.4) is 0 Å². The predicted octanol–water partition coefficient (Wildman–Crippen LogP) is 4.32. The van der Waals surface area contributed by atoms with E-state index in [9.17, 15) is 4.79 Å². The molecular weight excluding hydrogens is 284 g/mol. The van der Waals surface area contributed by atoms with E-state index in [-0.39, 0.29) is 5.91 Å². The summed E-state index contributed by atoms with van der Waals surface area (Å²) in [4.78, 5) is 14.5. The minimum Gasteiger partial charge on any atom is -0.312 e. The van der Waals surface area contributed by atoms with Gasteiger partial charge in [-0.25, -0.2) is 0 Å². The van der Waals surface area contributed by atoms with Crippen molar-refractivity contribution in [2.45, 2.75) is 32.6 Å². The van der Waals surface area contributed by atoms with Crippen molar-refractivity contribution in [3.05, 3.63) is 65.7 Å². The highest BCUT2D eigenvalue weighted by Crippen LogP contribution is 2.16. The van der Waals surface area contributed by atoms with Crippen LogP contribution in [0.2, 0.25) is 0 Å². The van der Waals surface area contributed by atoms with E-state index in [1.807, 2.05) is 47.4 Å². The molecule has 0 aliphatic heterocycles. The molecule has 3 nitrogen and oxygen atoms in total. The van der Waals surface area contributed by atoms with Gasteiger partial charge in [-0.2, -0.15) is 5.26 Å². The summed E-state index contributed by atoms with van der Waals surface area (Å²) < 4.78 is 0. The molecule has 118 valence electrons. The second-order valence-corrected chi connectivity index (χ2v) is 5.54.